The molecule has 1 spiro atoms. The lowest BCUT2D eigenvalue weighted by atomic mass is 9.66. The van der Waals surface area contributed by atoms with Gasteiger partial charge in [-0.1, -0.05) is 6.07 Å². The average molecular weight is 354 g/mol. The summed E-state index contributed by atoms with van der Waals surface area (Å²) < 4.78 is 37.4. The quantitative estimate of drug-likeness (QED) is 0.808. The third-order valence-electron chi connectivity index (χ3n) is 5.48. The van der Waals surface area contributed by atoms with Crippen LogP contribution in [-0.2, 0) is 14.8 Å². The van der Waals surface area contributed by atoms with Gasteiger partial charge in [-0.05, 0) is 37.7 Å². The number of hydrogen-bond acceptors (Lipinski definition) is 5. The Morgan fingerprint density at radius 3 is 2.79 bits per heavy atom. The van der Waals surface area contributed by atoms with Crippen molar-refractivity contribution >= 4 is 10.0 Å². The monoisotopic (exact) mass is 354 g/mol. The highest BCUT2D eigenvalue weighted by Crippen LogP contribution is 2.45. The zero-order chi connectivity index (χ0) is 17.0. The van der Waals surface area contributed by atoms with Crippen LogP contribution in [0.4, 0.5) is 0 Å². The summed E-state index contributed by atoms with van der Waals surface area (Å²) in [6.07, 6.45) is 4.46. The van der Waals surface area contributed by atoms with Gasteiger partial charge in [0.25, 0.3) is 0 Å². The van der Waals surface area contributed by atoms with Crippen LogP contribution in [0.15, 0.2) is 24.4 Å². The number of hydrogen-bond donors (Lipinski definition) is 0. The minimum Gasteiger partial charge on any atom is -0.477 e. The molecule has 0 saturated carbocycles. The van der Waals surface area contributed by atoms with Crippen LogP contribution in [0.25, 0.3) is 0 Å². The number of rotatable bonds is 5. The van der Waals surface area contributed by atoms with E-state index in [0.29, 0.717) is 32.2 Å². The minimum absolute atomic E-state index is 0.118. The Morgan fingerprint density at radius 1 is 1.33 bits per heavy atom. The Bertz CT molecular complexity index is 627. The molecule has 134 valence electrons. The summed E-state index contributed by atoms with van der Waals surface area (Å²) in [7, 11) is -3.09. The molecule has 2 aliphatic heterocycles. The van der Waals surface area contributed by atoms with Gasteiger partial charge >= 0.3 is 0 Å². The van der Waals surface area contributed by atoms with Crippen molar-refractivity contribution in [3.05, 3.63) is 24.4 Å². The maximum absolute atomic E-state index is 12.1. The molecule has 6 nitrogen and oxygen atoms in total. The highest BCUT2D eigenvalue weighted by atomic mass is 32.2. The van der Waals surface area contributed by atoms with Gasteiger partial charge in [-0.25, -0.2) is 17.7 Å². The third-order valence-corrected chi connectivity index (χ3v) is 7.36. The number of pyridine rings is 1. The fraction of sp³-hybridized carbons (Fsp3) is 0.706. The summed E-state index contributed by atoms with van der Waals surface area (Å²) >= 11 is 0. The topological polar surface area (TPSA) is 68.7 Å². The molecule has 0 bridgehead atoms. The van der Waals surface area contributed by atoms with Crippen molar-refractivity contribution in [3.8, 4) is 5.88 Å². The largest absolute Gasteiger partial charge is 0.477 e. The Hall–Kier alpha value is -1.18. The van der Waals surface area contributed by atoms with Crippen molar-refractivity contribution in [2.75, 3.05) is 38.7 Å². The molecule has 1 aromatic rings. The van der Waals surface area contributed by atoms with E-state index >= 15 is 0 Å². The number of aromatic nitrogens is 1. The van der Waals surface area contributed by atoms with E-state index in [1.165, 1.54) is 0 Å². The van der Waals surface area contributed by atoms with Crippen molar-refractivity contribution in [2.24, 2.45) is 11.3 Å². The molecule has 24 heavy (non-hydrogen) atoms. The Morgan fingerprint density at radius 2 is 2.12 bits per heavy atom. The normalized spacial score (nSPS) is 24.8. The van der Waals surface area contributed by atoms with E-state index in [9.17, 15) is 8.42 Å². The first-order chi connectivity index (χ1) is 11.6. The minimum atomic E-state index is -3.09. The first kappa shape index (κ1) is 17.6. The molecule has 2 aliphatic rings. The first-order valence-corrected chi connectivity index (χ1v) is 10.3. The van der Waals surface area contributed by atoms with Crippen LogP contribution in [0.5, 0.6) is 5.88 Å². The van der Waals surface area contributed by atoms with Crippen LogP contribution in [0.1, 0.15) is 26.2 Å². The zero-order valence-corrected chi connectivity index (χ0v) is 15.0. The second-order valence-corrected chi connectivity index (χ2v) is 8.92. The van der Waals surface area contributed by atoms with Gasteiger partial charge in [0.15, 0.2) is 0 Å². The molecule has 3 rings (SSSR count). The van der Waals surface area contributed by atoms with Crippen molar-refractivity contribution < 1.29 is 17.9 Å². The van der Waals surface area contributed by atoms with Crippen molar-refractivity contribution in [1.82, 2.24) is 9.29 Å². The molecule has 3 heterocycles. The molecular weight excluding hydrogens is 328 g/mol. The predicted molar refractivity (Wildman–Crippen MR) is 91.4 cm³/mol. The summed E-state index contributed by atoms with van der Waals surface area (Å²) in [6.45, 7) is 4.91. The number of piperidine rings is 1. The van der Waals surface area contributed by atoms with Crippen LogP contribution in [0.3, 0.4) is 0 Å². The fourth-order valence-electron chi connectivity index (χ4n) is 3.78. The molecule has 0 N–H and O–H groups in total. The van der Waals surface area contributed by atoms with Crippen molar-refractivity contribution in [1.29, 1.82) is 0 Å². The van der Waals surface area contributed by atoms with Gasteiger partial charge in [0.2, 0.25) is 15.9 Å². The van der Waals surface area contributed by atoms with Crippen LogP contribution < -0.4 is 4.74 Å². The maximum atomic E-state index is 12.1. The van der Waals surface area contributed by atoms with E-state index in [4.69, 9.17) is 9.47 Å². The van der Waals surface area contributed by atoms with Gasteiger partial charge in [-0.2, -0.15) is 0 Å². The first-order valence-electron chi connectivity index (χ1n) is 8.65. The van der Waals surface area contributed by atoms with E-state index in [0.717, 1.165) is 25.9 Å². The second kappa shape index (κ2) is 7.37. The molecule has 1 atom stereocenters. The van der Waals surface area contributed by atoms with E-state index in [1.54, 1.807) is 17.4 Å². The van der Waals surface area contributed by atoms with E-state index in [-0.39, 0.29) is 17.1 Å². The van der Waals surface area contributed by atoms with Crippen LogP contribution >= 0.6 is 0 Å². The van der Waals surface area contributed by atoms with E-state index in [2.05, 4.69) is 4.98 Å². The number of nitrogens with zero attached hydrogens (tertiary/aromatic N) is 2. The predicted octanol–water partition coefficient (Wildman–Crippen LogP) is 1.93. The van der Waals surface area contributed by atoms with Gasteiger partial charge < -0.3 is 9.47 Å². The lowest BCUT2D eigenvalue weighted by molar-refractivity contribution is -0.0791. The van der Waals surface area contributed by atoms with Gasteiger partial charge in [0.1, 0.15) is 0 Å². The summed E-state index contributed by atoms with van der Waals surface area (Å²) in [5.41, 5.74) is 0.118. The van der Waals surface area contributed by atoms with Crippen molar-refractivity contribution in [2.45, 2.75) is 26.2 Å². The zero-order valence-electron chi connectivity index (χ0n) is 14.2. The molecule has 0 amide bonds. The van der Waals surface area contributed by atoms with E-state index < -0.39 is 10.0 Å². The molecular formula is C17H26N2O4S. The Kier molecular flexibility index (Phi) is 5.42. The van der Waals surface area contributed by atoms with E-state index in [1.807, 2.05) is 18.2 Å². The number of sulfonamides is 1. The molecule has 0 radical (unpaired) electrons. The molecule has 2 fully saturated rings. The summed E-state index contributed by atoms with van der Waals surface area (Å²) in [6, 6.07) is 5.62. The van der Waals surface area contributed by atoms with Gasteiger partial charge in [0.05, 0.1) is 19.0 Å². The van der Waals surface area contributed by atoms with Crippen LogP contribution in [0, 0.1) is 11.3 Å². The average Bonchev–Trinajstić information content (AvgIpc) is 2.62. The van der Waals surface area contributed by atoms with Crippen LogP contribution in [0.2, 0.25) is 0 Å². The highest BCUT2D eigenvalue weighted by molar-refractivity contribution is 7.89. The van der Waals surface area contributed by atoms with Gasteiger partial charge in [0, 0.05) is 37.9 Å². The van der Waals surface area contributed by atoms with Crippen molar-refractivity contribution in [3.63, 3.8) is 0 Å². The Labute approximate surface area is 144 Å². The Balaban J connectivity index is 1.64. The standard InChI is InChI=1S/C17H26N2O4S/c1-2-24(20,21)19-10-6-17(7-11-19)8-12-22-13-15(17)14-23-16-5-3-4-9-18-16/h3-5,9,15H,2,6-8,10-14H2,1H3/t15-/m0/s1. The smallest absolute Gasteiger partial charge is 0.213 e. The summed E-state index contributed by atoms with van der Waals surface area (Å²) in [5.74, 6) is 1.08. The van der Waals surface area contributed by atoms with Gasteiger partial charge in [-0.15, -0.1) is 0 Å². The third kappa shape index (κ3) is 3.73. The molecule has 7 heteroatoms. The van der Waals surface area contributed by atoms with Gasteiger partial charge in [-0.3, -0.25) is 0 Å². The summed E-state index contributed by atoms with van der Waals surface area (Å²) in [5, 5.41) is 0. The van der Waals surface area contributed by atoms with Crippen LogP contribution in [-0.4, -0.2) is 56.4 Å². The molecule has 1 aromatic heterocycles. The maximum Gasteiger partial charge on any atom is 0.213 e. The SMILES string of the molecule is CCS(=O)(=O)N1CCC2(CCOC[C@H]2COc2ccccn2)CC1. The second-order valence-electron chi connectivity index (χ2n) is 6.66. The summed E-state index contributed by atoms with van der Waals surface area (Å²) in [4.78, 5) is 4.20. The highest BCUT2D eigenvalue weighted by Gasteiger charge is 2.45. The number of ether oxygens (including phenoxy) is 2. The molecule has 0 aromatic carbocycles. The lowest BCUT2D eigenvalue weighted by Crippen LogP contribution is -2.51. The molecule has 2 saturated heterocycles. The lowest BCUT2D eigenvalue weighted by Gasteiger charge is -2.48. The molecule has 0 aliphatic carbocycles. The molecule has 0 unspecified atom stereocenters. The fourth-order valence-corrected chi connectivity index (χ4v) is 4.88.